The Bertz CT molecular complexity index is 170. The molecule has 0 rings (SSSR count). The Morgan fingerprint density at radius 1 is 0.875 bits per heavy atom. The average molecular weight is 232 g/mol. The molecule has 0 spiro atoms. The Morgan fingerprint density at radius 3 is 1.88 bits per heavy atom. The predicted molar refractivity (Wildman–Crippen MR) is 63.1 cm³/mol. The summed E-state index contributed by atoms with van der Waals surface area (Å²) >= 11 is 0. The lowest BCUT2D eigenvalue weighted by atomic mass is 10.3. The summed E-state index contributed by atoms with van der Waals surface area (Å²) in [5.41, 5.74) is 0. The van der Waals surface area contributed by atoms with E-state index in [0.29, 0.717) is 26.1 Å². The molecule has 0 aliphatic heterocycles. The van der Waals surface area contributed by atoms with Crippen molar-refractivity contribution < 1.29 is 19.1 Å². The first-order valence-electron chi connectivity index (χ1n) is 5.93. The molecular formula is C12H24O4. The van der Waals surface area contributed by atoms with Gasteiger partial charge in [0, 0.05) is 12.8 Å². The molecule has 0 aromatic rings. The SMILES string of the molecule is CCCC(=O)OCC.CCCOC(=O)CC. The topological polar surface area (TPSA) is 52.6 Å². The summed E-state index contributed by atoms with van der Waals surface area (Å²) in [6.07, 6.45) is 2.82. The third kappa shape index (κ3) is 15.4. The van der Waals surface area contributed by atoms with Crippen LogP contribution in [0.1, 0.15) is 53.4 Å². The molecule has 0 heterocycles. The molecule has 0 atom stereocenters. The number of hydrogen-bond acceptors (Lipinski definition) is 4. The number of carbonyl (C=O) groups is 2. The lowest BCUT2D eigenvalue weighted by molar-refractivity contribution is -0.144. The van der Waals surface area contributed by atoms with E-state index < -0.39 is 0 Å². The molecule has 0 radical (unpaired) electrons. The lowest BCUT2D eigenvalue weighted by Gasteiger charge is -1.97. The Hall–Kier alpha value is -1.06. The maximum absolute atomic E-state index is 10.4. The van der Waals surface area contributed by atoms with Crippen molar-refractivity contribution in [2.75, 3.05) is 13.2 Å². The van der Waals surface area contributed by atoms with Crippen molar-refractivity contribution in [3.05, 3.63) is 0 Å². The zero-order chi connectivity index (χ0) is 12.8. The monoisotopic (exact) mass is 232 g/mol. The van der Waals surface area contributed by atoms with Crippen LogP contribution in [0.5, 0.6) is 0 Å². The molecule has 0 aliphatic rings. The van der Waals surface area contributed by atoms with Gasteiger partial charge in [-0.05, 0) is 19.8 Å². The van der Waals surface area contributed by atoms with E-state index in [9.17, 15) is 9.59 Å². The van der Waals surface area contributed by atoms with E-state index in [2.05, 4.69) is 4.74 Å². The van der Waals surface area contributed by atoms with E-state index in [1.54, 1.807) is 6.92 Å². The van der Waals surface area contributed by atoms with Crippen LogP contribution in [0.15, 0.2) is 0 Å². The van der Waals surface area contributed by atoms with Gasteiger partial charge in [0.1, 0.15) is 0 Å². The molecule has 96 valence electrons. The summed E-state index contributed by atoms with van der Waals surface area (Å²) in [6.45, 7) is 8.59. The van der Waals surface area contributed by atoms with Crippen molar-refractivity contribution in [2.45, 2.75) is 53.4 Å². The summed E-state index contributed by atoms with van der Waals surface area (Å²) in [7, 11) is 0. The highest BCUT2D eigenvalue weighted by atomic mass is 16.5. The molecule has 0 fully saturated rings. The second-order valence-electron chi connectivity index (χ2n) is 3.13. The van der Waals surface area contributed by atoms with Crippen molar-refractivity contribution >= 4 is 11.9 Å². The second-order valence-corrected chi connectivity index (χ2v) is 3.13. The first-order chi connectivity index (χ1) is 7.62. The Morgan fingerprint density at radius 2 is 1.50 bits per heavy atom. The van der Waals surface area contributed by atoms with Gasteiger partial charge in [-0.1, -0.05) is 20.8 Å². The van der Waals surface area contributed by atoms with Crippen molar-refractivity contribution in [3.63, 3.8) is 0 Å². The van der Waals surface area contributed by atoms with E-state index >= 15 is 0 Å². The first-order valence-corrected chi connectivity index (χ1v) is 5.93. The largest absolute Gasteiger partial charge is 0.466 e. The van der Waals surface area contributed by atoms with Gasteiger partial charge in [-0.15, -0.1) is 0 Å². The summed E-state index contributed by atoms with van der Waals surface area (Å²) in [6, 6.07) is 0. The van der Waals surface area contributed by atoms with Gasteiger partial charge in [-0.3, -0.25) is 9.59 Å². The van der Waals surface area contributed by atoms with Gasteiger partial charge >= 0.3 is 11.9 Å². The highest BCUT2D eigenvalue weighted by molar-refractivity contribution is 5.69. The number of carbonyl (C=O) groups excluding carboxylic acids is 2. The van der Waals surface area contributed by atoms with Crippen LogP contribution in [0.3, 0.4) is 0 Å². The standard InChI is InChI=1S/2C6H12O2/c1-3-5-6(7)8-4-2;1-3-5-8-6(7)4-2/h2*3-5H2,1-2H3. The van der Waals surface area contributed by atoms with Gasteiger partial charge in [0.15, 0.2) is 0 Å². The van der Waals surface area contributed by atoms with Crippen LogP contribution in [-0.2, 0) is 19.1 Å². The fourth-order valence-corrected chi connectivity index (χ4v) is 0.755. The fraction of sp³-hybridized carbons (Fsp3) is 0.833. The van der Waals surface area contributed by atoms with E-state index in [1.807, 2.05) is 20.8 Å². The van der Waals surface area contributed by atoms with Crippen molar-refractivity contribution in [3.8, 4) is 0 Å². The lowest BCUT2D eigenvalue weighted by Crippen LogP contribution is -2.02. The van der Waals surface area contributed by atoms with Gasteiger partial charge in [-0.2, -0.15) is 0 Å². The highest BCUT2D eigenvalue weighted by Crippen LogP contribution is 1.89. The average Bonchev–Trinajstić information content (AvgIpc) is 2.27. The third-order valence-corrected chi connectivity index (χ3v) is 1.52. The van der Waals surface area contributed by atoms with Gasteiger partial charge in [0.25, 0.3) is 0 Å². The zero-order valence-electron chi connectivity index (χ0n) is 10.9. The predicted octanol–water partition coefficient (Wildman–Crippen LogP) is 2.70. The van der Waals surface area contributed by atoms with Crippen molar-refractivity contribution in [1.29, 1.82) is 0 Å². The van der Waals surface area contributed by atoms with Crippen molar-refractivity contribution in [2.24, 2.45) is 0 Å². The molecular weight excluding hydrogens is 208 g/mol. The first kappa shape index (κ1) is 17.3. The summed E-state index contributed by atoms with van der Waals surface area (Å²) < 4.78 is 9.34. The molecule has 0 saturated carbocycles. The molecule has 4 nitrogen and oxygen atoms in total. The summed E-state index contributed by atoms with van der Waals surface area (Å²) in [5, 5.41) is 0. The summed E-state index contributed by atoms with van der Waals surface area (Å²) in [5.74, 6) is -0.193. The van der Waals surface area contributed by atoms with Crippen LogP contribution < -0.4 is 0 Å². The molecule has 0 amide bonds. The van der Waals surface area contributed by atoms with E-state index in [1.165, 1.54) is 0 Å². The van der Waals surface area contributed by atoms with Gasteiger partial charge in [0.05, 0.1) is 13.2 Å². The Kier molecular flexibility index (Phi) is 15.1. The molecule has 0 bridgehead atoms. The maximum Gasteiger partial charge on any atom is 0.305 e. The quantitative estimate of drug-likeness (QED) is 0.661. The highest BCUT2D eigenvalue weighted by Gasteiger charge is 1.95. The molecule has 0 unspecified atom stereocenters. The van der Waals surface area contributed by atoms with Crippen LogP contribution in [0.25, 0.3) is 0 Å². The minimum Gasteiger partial charge on any atom is -0.466 e. The minimum absolute atomic E-state index is 0.0880. The van der Waals surface area contributed by atoms with Gasteiger partial charge in [0.2, 0.25) is 0 Å². The van der Waals surface area contributed by atoms with Crippen LogP contribution in [0.4, 0.5) is 0 Å². The Labute approximate surface area is 98.3 Å². The van der Waals surface area contributed by atoms with E-state index in [4.69, 9.17) is 4.74 Å². The zero-order valence-corrected chi connectivity index (χ0v) is 10.9. The van der Waals surface area contributed by atoms with Crippen molar-refractivity contribution in [1.82, 2.24) is 0 Å². The normalized spacial score (nSPS) is 8.75. The number of esters is 2. The molecule has 16 heavy (non-hydrogen) atoms. The molecule has 0 aromatic heterocycles. The minimum atomic E-state index is -0.105. The van der Waals surface area contributed by atoms with Gasteiger partial charge < -0.3 is 9.47 Å². The van der Waals surface area contributed by atoms with Crippen LogP contribution in [0.2, 0.25) is 0 Å². The van der Waals surface area contributed by atoms with Crippen LogP contribution >= 0.6 is 0 Å². The van der Waals surface area contributed by atoms with Crippen LogP contribution in [-0.4, -0.2) is 25.2 Å². The van der Waals surface area contributed by atoms with E-state index in [-0.39, 0.29) is 11.9 Å². The van der Waals surface area contributed by atoms with Gasteiger partial charge in [-0.25, -0.2) is 0 Å². The molecule has 0 saturated heterocycles. The third-order valence-electron chi connectivity index (χ3n) is 1.52. The molecule has 0 aliphatic carbocycles. The fourth-order valence-electron chi connectivity index (χ4n) is 0.755. The number of rotatable bonds is 6. The van der Waals surface area contributed by atoms with Crippen LogP contribution in [0, 0.1) is 0 Å². The Balaban J connectivity index is 0. The van der Waals surface area contributed by atoms with E-state index in [0.717, 1.165) is 12.8 Å². The number of ether oxygens (including phenoxy) is 2. The molecule has 0 N–H and O–H groups in total. The molecule has 4 heteroatoms. The maximum atomic E-state index is 10.4. The second kappa shape index (κ2) is 13.9. The number of hydrogen-bond donors (Lipinski definition) is 0. The summed E-state index contributed by atoms with van der Waals surface area (Å²) in [4.78, 5) is 20.8. The smallest absolute Gasteiger partial charge is 0.305 e. The molecule has 0 aromatic carbocycles.